The van der Waals surface area contributed by atoms with Crippen LogP contribution in [0.15, 0.2) is 18.2 Å². The molecule has 102 valence electrons. The van der Waals surface area contributed by atoms with E-state index in [1.807, 2.05) is 32.0 Å². The molecular weight excluding hydrogens is 262 g/mol. The molecule has 0 aliphatic rings. The molecule has 0 radical (unpaired) electrons. The van der Waals surface area contributed by atoms with Crippen LogP contribution in [0.2, 0.25) is 0 Å². The molecular formula is C13H17N3O2S. The molecule has 1 aromatic heterocycles. The summed E-state index contributed by atoms with van der Waals surface area (Å²) in [4.78, 5) is 4.30. The highest BCUT2D eigenvalue weighted by molar-refractivity contribution is 7.09. The molecule has 2 aromatic rings. The monoisotopic (exact) mass is 279 g/mol. The first-order valence-corrected chi connectivity index (χ1v) is 6.70. The summed E-state index contributed by atoms with van der Waals surface area (Å²) in [5.41, 5.74) is 1.02. The van der Waals surface area contributed by atoms with Gasteiger partial charge in [0.2, 0.25) is 5.13 Å². The summed E-state index contributed by atoms with van der Waals surface area (Å²) in [5, 5.41) is 4.12. The Morgan fingerprint density at radius 2 is 2.05 bits per heavy atom. The summed E-state index contributed by atoms with van der Waals surface area (Å²) in [6, 6.07) is 5.80. The average molecular weight is 279 g/mol. The quantitative estimate of drug-likeness (QED) is 0.911. The van der Waals surface area contributed by atoms with Crippen LogP contribution in [0, 0.1) is 6.92 Å². The Kier molecular flexibility index (Phi) is 4.21. The van der Waals surface area contributed by atoms with Crippen LogP contribution in [0.1, 0.15) is 24.4 Å². The van der Waals surface area contributed by atoms with Crippen molar-refractivity contribution in [3.8, 4) is 11.5 Å². The minimum absolute atomic E-state index is 0.0531. The summed E-state index contributed by atoms with van der Waals surface area (Å²) in [6.45, 7) is 3.92. The molecule has 1 N–H and O–H groups in total. The van der Waals surface area contributed by atoms with Crippen LogP contribution < -0.4 is 14.8 Å². The summed E-state index contributed by atoms with van der Waals surface area (Å²) < 4.78 is 14.8. The van der Waals surface area contributed by atoms with Crippen LogP contribution in [-0.2, 0) is 0 Å². The third kappa shape index (κ3) is 3.14. The number of benzene rings is 1. The normalized spacial score (nSPS) is 12.0. The summed E-state index contributed by atoms with van der Waals surface area (Å²) in [7, 11) is 3.31. The van der Waals surface area contributed by atoms with E-state index >= 15 is 0 Å². The Morgan fingerprint density at radius 3 is 2.63 bits per heavy atom. The first-order chi connectivity index (χ1) is 9.13. The Bertz CT molecular complexity index is 557. The van der Waals surface area contributed by atoms with E-state index in [4.69, 9.17) is 9.47 Å². The first kappa shape index (κ1) is 13.6. The maximum atomic E-state index is 5.38. The number of nitrogens with zero attached hydrogens (tertiary/aromatic N) is 2. The predicted molar refractivity (Wildman–Crippen MR) is 76.2 cm³/mol. The number of aryl methyl sites for hydroxylation is 1. The highest BCUT2D eigenvalue weighted by atomic mass is 32.1. The Balaban J connectivity index is 2.23. The lowest BCUT2D eigenvalue weighted by atomic mass is 10.1. The van der Waals surface area contributed by atoms with E-state index < -0.39 is 0 Å². The lowest BCUT2D eigenvalue weighted by molar-refractivity contribution is 0.397. The number of methoxy groups -OCH3 is 2. The van der Waals surface area contributed by atoms with E-state index in [2.05, 4.69) is 14.7 Å². The Hall–Kier alpha value is -1.82. The van der Waals surface area contributed by atoms with Gasteiger partial charge in [-0.2, -0.15) is 4.37 Å². The topological polar surface area (TPSA) is 56.3 Å². The van der Waals surface area contributed by atoms with Gasteiger partial charge in [-0.25, -0.2) is 4.98 Å². The van der Waals surface area contributed by atoms with Crippen LogP contribution in [-0.4, -0.2) is 23.6 Å². The van der Waals surface area contributed by atoms with Gasteiger partial charge < -0.3 is 14.8 Å². The summed E-state index contributed by atoms with van der Waals surface area (Å²) in [5.74, 6) is 2.40. The minimum Gasteiger partial charge on any atom is -0.497 e. The van der Waals surface area contributed by atoms with Crippen LogP contribution in [0.25, 0.3) is 0 Å². The molecule has 19 heavy (non-hydrogen) atoms. The van der Waals surface area contributed by atoms with Crippen molar-refractivity contribution in [1.29, 1.82) is 0 Å². The van der Waals surface area contributed by atoms with Crippen molar-refractivity contribution in [2.45, 2.75) is 19.9 Å². The van der Waals surface area contributed by atoms with Gasteiger partial charge in [-0.05, 0) is 32.0 Å². The second-order valence-corrected chi connectivity index (χ2v) is 4.87. The number of hydrogen-bond donors (Lipinski definition) is 1. The third-order valence-electron chi connectivity index (χ3n) is 2.77. The molecule has 0 spiro atoms. The van der Waals surface area contributed by atoms with Gasteiger partial charge in [0.25, 0.3) is 0 Å². The summed E-state index contributed by atoms with van der Waals surface area (Å²) >= 11 is 1.35. The number of aromatic nitrogens is 2. The molecule has 0 bridgehead atoms. The van der Waals surface area contributed by atoms with Crippen molar-refractivity contribution < 1.29 is 9.47 Å². The van der Waals surface area contributed by atoms with E-state index in [-0.39, 0.29) is 6.04 Å². The molecule has 1 aromatic carbocycles. The smallest absolute Gasteiger partial charge is 0.203 e. The van der Waals surface area contributed by atoms with Crippen molar-refractivity contribution in [3.05, 3.63) is 29.6 Å². The summed E-state index contributed by atoms with van der Waals surface area (Å²) in [6.07, 6.45) is 0. The fourth-order valence-electron chi connectivity index (χ4n) is 1.80. The van der Waals surface area contributed by atoms with Gasteiger partial charge in [-0.3, -0.25) is 0 Å². The molecule has 5 nitrogen and oxygen atoms in total. The van der Waals surface area contributed by atoms with Crippen LogP contribution in [0.3, 0.4) is 0 Å². The molecule has 0 amide bonds. The van der Waals surface area contributed by atoms with Gasteiger partial charge in [0, 0.05) is 17.1 Å². The number of rotatable bonds is 5. The second kappa shape index (κ2) is 5.88. The molecule has 2 rings (SSSR count). The molecule has 1 atom stereocenters. The largest absolute Gasteiger partial charge is 0.497 e. The van der Waals surface area contributed by atoms with Gasteiger partial charge in [0.15, 0.2) is 0 Å². The van der Waals surface area contributed by atoms with Crippen molar-refractivity contribution in [2.24, 2.45) is 0 Å². The molecule has 0 aliphatic heterocycles. The van der Waals surface area contributed by atoms with Gasteiger partial charge in [0.1, 0.15) is 17.3 Å². The molecule has 0 fully saturated rings. The minimum atomic E-state index is 0.0531. The standard InChI is InChI=1S/C13H17N3O2S/c1-8(14-13-15-9(2)16-19-13)11-7-10(17-3)5-6-12(11)18-4/h5-8H,1-4H3,(H,14,15,16). The first-order valence-electron chi connectivity index (χ1n) is 5.92. The van der Waals surface area contributed by atoms with E-state index in [9.17, 15) is 0 Å². The average Bonchev–Trinajstić information content (AvgIpc) is 2.83. The van der Waals surface area contributed by atoms with Gasteiger partial charge >= 0.3 is 0 Å². The second-order valence-electron chi connectivity index (χ2n) is 4.12. The number of hydrogen-bond acceptors (Lipinski definition) is 6. The zero-order valence-electron chi connectivity index (χ0n) is 11.4. The molecule has 0 saturated heterocycles. The van der Waals surface area contributed by atoms with Gasteiger partial charge in [-0.1, -0.05) is 0 Å². The zero-order valence-corrected chi connectivity index (χ0v) is 12.2. The number of anilines is 1. The van der Waals surface area contributed by atoms with E-state index in [0.29, 0.717) is 0 Å². The number of nitrogens with one attached hydrogen (secondary N) is 1. The molecule has 0 aliphatic carbocycles. The van der Waals surface area contributed by atoms with Gasteiger partial charge in [0.05, 0.1) is 20.3 Å². The zero-order chi connectivity index (χ0) is 13.8. The Labute approximate surface area is 116 Å². The van der Waals surface area contributed by atoms with Crippen LogP contribution >= 0.6 is 11.5 Å². The maximum absolute atomic E-state index is 5.38. The Morgan fingerprint density at radius 1 is 1.26 bits per heavy atom. The molecule has 1 unspecified atom stereocenters. The van der Waals surface area contributed by atoms with E-state index in [1.54, 1.807) is 14.2 Å². The SMILES string of the molecule is COc1ccc(OC)c(C(C)Nc2nc(C)ns2)c1. The van der Waals surface area contributed by atoms with E-state index in [1.165, 1.54) is 11.5 Å². The number of ether oxygens (including phenoxy) is 2. The lowest BCUT2D eigenvalue weighted by Gasteiger charge is -2.17. The fraction of sp³-hybridized carbons (Fsp3) is 0.385. The molecule has 1 heterocycles. The molecule has 0 saturated carbocycles. The highest BCUT2D eigenvalue weighted by Crippen LogP contribution is 2.31. The lowest BCUT2D eigenvalue weighted by Crippen LogP contribution is -2.08. The molecule has 6 heteroatoms. The van der Waals surface area contributed by atoms with Crippen molar-refractivity contribution in [1.82, 2.24) is 9.36 Å². The van der Waals surface area contributed by atoms with E-state index in [0.717, 1.165) is 28.0 Å². The van der Waals surface area contributed by atoms with Crippen molar-refractivity contribution in [2.75, 3.05) is 19.5 Å². The highest BCUT2D eigenvalue weighted by Gasteiger charge is 2.14. The van der Waals surface area contributed by atoms with Crippen molar-refractivity contribution >= 4 is 16.7 Å². The maximum Gasteiger partial charge on any atom is 0.203 e. The predicted octanol–water partition coefficient (Wildman–Crippen LogP) is 3.04. The van der Waals surface area contributed by atoms with Crippen LogP contribution in [0.4, 0.5) is 5.13 Å². The van der Waals surface area contributed by atoms with Crippen molar-refractivity contribution in [3.63, 3.8) is 0 Å². The van der Waals surface area contributed by atoms with Crippen LogP contribution in [0.5, 0.6) is 11.5 Å². The third-order valence-corrected chi connectivity index (χ3v) is 3.51. The fourth-order valence-corrected chi connectivity index (χ4v) is 2.46. The van der Waals surface area contributed by atoms with Gasteiger partial charge in [-0.15, -0.1) is 0 Å².